The number of hydrogen-bond acceptors (Lipinski definition) is 6. The van der Waals surface area contributed by atoms with Crippen LogP contribution in [0.1, 0.15) is 11.1 Å². The third kappa shape index (κ3) is 4.26. The van der Waals surface area contributed by atoms with Gasteiger partial charge in [-0.3, -0.25) is 14.5 Å². The second-order valence-corrected chi connectivity index (χ2v) is 8.25. The SMILES string of the molecule is O=C1C(c2ccc(F)cc2)=C(N2CCN(c3ncccn3)CC2)C(=O)N1CCc1ccccc1. The van der Waals surface area contributed by atoms with Gasteiger partial charge >= 0.3 is 0 Å². The topological polar surface area (TPSA) is 69.6 Å². The van der Waals surface area contributed by atoms with Crippen molar-refractivity contribution in [3.63, 3.8) is 0 Å². The zero-order valence-electron chi connectivity index (χ0n) is 18.6. The van der Waals surface area contributed by atoms with Gasteiger partial charge in [-0.2, -0.15) is 0 Å². The van der Waals surface area contributed by atoms with Crippen molar-refractivity contribution in [1.29, 1.82) is 0 Å². The first-order valence-corrected chi connectivity index (χ1v) is 11.3. The first-order valence-electron chi connectivity index (χ1n) is 11.3. The molecule has 0 bridgehead atoms. The number of halogens is 1. The molecule has 7 nitrogen and oxygen atoms in total. The third-order valence-corrected chi connectivity index (χ3v) is 6.17. The number of imide groups is 1. The molecule has 3 aromatic rings. The maximum atomic E-state index is 13.6. The molecule has 0 atom stereocenters. The first kappa shape index (κ1) is 21.8. The van der Waals surface area contributed by atoms with E-state index in [0.29, 0.717) is 55.4 Å². The van der Waals surface area contributed by atoms with E-state index in [2.05, 4.69) is 14.9 Å². The molecule has 0 unspecified atom stereocenters. The molecule has 0 aliphatic carbocycles. The van der Waals surface area contributed by atoms with Crippen LogP contribution in [0.4, 0.5) is 10.3 Å². The van der Waals surface area contributed by atoms with E-state index in [4.69, 9.17) is 0 Å². The number of benzene rings is 2. The van der Waals surface area contributed by atoms with Crippen molar-refractivity contribution in [3.05, 3.63) is 95.7 Å². The number of anilines is 1. The molecule has 2 aromatic carbocycles. The average Bonchev–Trinajstić information content (AvgIpc) is 3.13. The molecular formula is C26H24FN5O2. The molecule has 0 saturated carbocycles. The second kappa shape index (κ2) is 9.43. The van der Waals surface area contributed by atoms with Crippen LogP contribution in [0.5, 0.6) is 0 Å². The van der Waals surface area contributed by atoms with Crippen LogP contribution in [-0.2, 0) is 16.0 Å². The Bertz CT molecular complexity index is 1210. The molecule has 3 heterocycles. The normalized spacial score (nSPS) is 16.6. The fraction of sp³-hybridized carbons (Fsp3) is 0.231. The van der Waals surface area contributed by atoms with E-state index in [1.54, 1.807) is 30.6 Å². The quantitative estimate of drug-likeness (QED) is 0.531. The van der Waals surface area contributed by atoms with Crippen molar-refractivity contribution >= 4 is 23.3 Å². The van der Waals surface area contributed by atoms with Gasteiger partial charge < -0.3 is 9.80 Å². The fourth-order valence-electron chi connectivity index (χ4n) is 4.41. The minimum Gasteiger partial charge on any atom is -0.363 e. The molecule has 5 rings (SSSR count). The van der Waals surface area contributed by atoms with Gasteiger partial charge in [0.15, 0.2) is 0 Å². The van der Waals surface area contributed by atoms with Crippen LogP contribution in [-0.4, -0.2) is 64.3 Å². The van der Waals surface area contributed by atoms with E-state index >= 15 is 0 Å². The monoisotopic (exact) mass is 457 g/mol. The molecule has 0 radical (unpaired) electrons. The number of rotatable bonds is 6. The van der Waals surface area contributed by atoms with Gasteiger partial charge in [-0.15, -0.1) is 0 Å². The number of amides is 2. The molecule has 8 heteroatoms. The van der Waals surface area contributed by atoms with Gasteiger partial charge in [-0.1, -0.05) is 42.5 Å². The number of aromatic nitrogens is 2. The third-order valence-electron chi connectivity index (χ3n) is 6.17. The fourth-order valence-corrected chi connectivity index (χ4v) is 4.41. The molecule has 1 saturated heterocycles. The highest BCUT2D eigenvalue weighted by Crippen LogP contribution is 2.32. The molecule has 34 heavy (non-hydrogen) atoms. The summed E-state index contributed by atoms with van der Waals surface area (Å²) in [5, 5.41) is 0. The van der Waals surface area contributed by atoms with Gasteiger partial charge in [0.2, 0.25) is 5.95 Å². The van der Waals surface area contributed by atoms with E-state index in [-0.39, 0.29) is 24.2 Å². The van der Waals surface area contributed by atoms with E-state index in [9.17, 15) is 14.0 Å². The summed E-state index contributed by atoms with van der Waals surface area (Å²) in [5.41, 5.74) is 2.32. The molecule has 1 fully saturated rings. The number of piperazine rings is 1. The summed E-state index contributed by atoms with van der Waals surface area (Å²) in [6.07, 6.45) is 3.97. The van der Waals surface area contributed by atoms with E-state index in [1.807, 2.05) is 35.2 Å². The smallest absolute Gasteiger partial charge is 0.277 e. The van der Waals surface area contributed by atoms with E-state index in [0.717, 1.165) is 5.56 Å². The van der Waals surface area contributed by atoms with Crippen LogP contribution in [0, 0.1) is 5.82 Å². The lowest BCUT2D eigenvalue weighted by molar-refractivity contribution is -0.137. The zero-order chi connectivity index (χ0) is 23.5. The van der Waals surface area contributed by atoms with Crippen molar-refractivity contribution < 1.29 is 14.0 Å². The molecule has 1 aromatic heterocycles. The Morgan fingerprint density at radius 3 is 2.09 bits per heavy atom. The van der Waals surface area contributed by atoms with Gasteiger partial charge in [-0.25, -0.2) is 14.4 Å². The van der Waals surface area contributed by atoms with Crippen molar-refractivity contribution in [2.75, 3.05) is 37.6 Å². The Labute approximate surface area is 197 Å². The standard InChI is InChI=1S/C26H24FN5O2/c27-21-9-7-20(8-10-21)22-23(30-15-17-31(18-16-30)26-28-12-4-13-29-26)25(34)32(24(22)33)14-11-19-5-2-1-3-6-19/h1-10,12-13H,11,14-18H2. The van der Waals surface area contributed by atoms with Crippen LogP contribution >= 0.6 is 0 Å². The van der Waals surface area contributed by atoms with E-state index < -0.39 is 0 Å². The minimum absolute atomic E-state index is 0.285. The van der Waals surface area contributed by atoms with Crippen LogP contribution < -0.4 is 4.90 Å². The molecule has 0 spiro atoms. The van der Waals surface area contributed by atoms with Gasteiger partial charge in [-0.05, 0) is 35.7 Å². The summed E-state index contributed by atoms with van der Waals surface area (Å²) in [5.74, 6) is -0.380. The van der Waals surface area contributed by atoms with Gasteiger partial charge in [0.1, 0.15) is 11.5 Å². The summed E-state index contributed by atoms with van der Waals surface area (Å²) < 4.78 is 13.6. The Hall–Kier alpha value is -4.07. The molecule has 2 aliphatic heterocycles. The van der Waals surface area contributed by atoms with Crippen LogP contribution in [0.2, 0.25) is 0 Å². The lowest BCUT2D eigenvalue weighted by Gasteiger charge is -2.36. The molecule has 172 valence electrons. The zero-order valence-corrected chi connectivity index (χ0v) is 18.6. The van der Waals surface area contributed by atoms with Crippen molar-refractivity contribution in [2.24, 2.45) is 0 Å². The van der Waals surface area contributed by atoms with Crippen molar-refractivity contribution in [1.82, 2.24) is 19.8 Å². The predicted octanol–water partition coefficient (Wildman–Crippen LogP) is 2.76. The Morgan fingerprint density at radius 2 is 1.41 bits per heavy atom. The van der Waals surface area contributed by atoms with Gasteiger partial charge in [0.05, 0.1) is 5.57 Å². The predicted molar refractivity (Wildman–Crippen MR) is 126 cm³/mol. The Morgan fingerprint density at radius 1 is 0.765 bits per heavy atom. The molecule has 2 aliphatic rings. The van der Waals surface area contributed by atoms with Gasteiger partial charge in [0, 0.05) is 45.1 Å². The van der Waals surface area contributed by atoms with Crippen molar-refractivity contribution in [3.8, 4) is 0 Å². The van der Waals surface area contributed by atoms with E-state index in [1.165, 1.54) is 17.0 Å². The highest BCUT2D eigenvalue weighted by molar-refractivity contribution is 6.35. The van der Waals surface area contributed by atoms with Crippen LogP contribution in [0.25, 0.3) is 5.57 Å². The number of hydrogen-bond donors (Lipinski definition) is 0. The summed E-state index contributed by atoms with van der Waals surface area (Å²) >= 11 is 0. The van der Waals surface area contributed by atoms with Gasteiger partial charge in [0.25, 0.3) is 11.8 Å². The Kier molecular flexibility index (Phi) is 6.03. The minimum atomic E-state index is -0.389. The van der Waals surface area contributed by atoms with Crippen LogP contribution in [0.3, 0.4) is 0 Å². The van der Waals surface area contributed by atoms with Crippen LogP contribution in [0.15, 0.2) is 78.8 Å². The average molecular weight is 458 g/mol. The maximum absolute atomic E-state index is 13.6. The largest absolute Gasteiger partial charge is 0.363 e. The second-order valence-electron chi connectivity index (χ2n) is 8.25. The number of nitrogens with zero attached hydrogens (tertiary/aromatic N) is 5. The number of carbonyl (C=O) groups is 2. The highest BCUT2D eigenvalue weighted by atomic mass is 19.1. The summed E-state index contributed by atoms with van der Waals surface area (Å²) in [4.78, 5) is 40.9. The van der Waals surface area contributed by atoms with Crippen molar-refractivity contribution in [2.45, 2.75) is 6.42 Å². The summed E-state index contributed by atoms with van der Waals surface area (Å²) in [7, 11) is 0. The first-order chi connectivity index (χ1) is 16.6. The molecular weight excluding hydrogens is 433 g/mol. The highest BCUT2D eigenvalue weighted by Gasteiger charge is 2.42. The summed E-state index contributed by atoms with van der Waals surface area (Å²) in [6.45, 7) is 2.62. The molecule has 2 amide bonds. The lowest BCUT2D eigenvalue weighted by atomic mass is 10.0. The summed E-state index contributed by atoms with van der Waals surface area (Å²) in [6, 6.07) is 17.3. The Balaban J connectivity index is 1.41. The molecule has 0 N–H and O–H groups in total. The maximum Gasteiger partial charge on any atom is 0.277 e. The number of carbonyl (C=O) groups excluding carboxylic acids is 2. The lowest BCUT2D eigenvalue weighted by Crippen LogP contribution is -2.48.